The Labute approximate surface area is 72.4 Å². The zero-order chi connectivity index (χ0) is 8.31. The summed E-state index contributed by atoms with van der Waals surface area (Å²) in [6.45, 7) is 0. The van der Waals surface area contributed by atoms with Crippen LogP contribution < -0.4 is 0 Å². The van der Waals surface area contributed by atoms with Gasteiger partial charge in [-0.25, -0.2) is 9.59 Å². The first-order chi connectivity index (χ1) is 4.46. The molecule has 0 saturated heterocycles. The maximum atomic E-state index is 9.77. The SMILES string of the molecule is O=C(O)[C@@H](O)[C@@H](O)C(=O)O.[GeH4]. The molecule has 0 fully saturated rings. The Balaban J connectivity index is 0. The van der Waals surface area contributed by atoms with Gasteiger partial charge in [0.25, 0.3) is 0 Å². The summed E-state index contributed by atoms with van der Waals surface area (Å²) in [6.07, 6.45) is -4.53. The molecule has 0 aromatic heterocycles. The summed E-state index contributed by atoms with van der Waals surface area (Å²) in [7, 11) is 0. The zero-order valence-corrected chi connectivity index (χ0v) is 4.76. The van der Waals surface area contributed by atoms with Gasteiger partial charge in [-0.15, -0.1) is 0 Å². The Morgan fingerprint density at radius 1 is 0.909 bits per heavy atom. The van der Waals surface area contributed by atoms with Gasteiger partial charge >= 0.3 is 29.5 Å². The number of aliphatic hydroxyl groups is 2. The topological polar surface area (TPSA) is 115 Å². The van der Waals surface area contributed by atoms with Gasteiger partial charge in [0, 0.05) is 0 Å². The first-order valence-electron chi connectivity index (χ1n) is 2.28. The van der Waals surface area contributed by atoms with Crippen LogP contribution in [0, 0.1) is 0 Å². The van der Waals surface area contributed by atoms with Crippen molar-refractivity contribution in [1.82, 2.24) is 0 Å². The Kier molecular flexibility index (Phi) is 6.05. The van der Waals surface area contributed by atoms with Crippen molar-refractivity contribution >= 4 is 29.5 Å². The summed E-state index contributed by atoms with van der Waals surface area (Å²) in [4.78, 5) is 19.5. The monoisotopic (exact) mass is 228 g/mol. The number of rotatable bonds is 3. The van der Waals surface area contributed by atoms with E-state index >= 15 is 0 Å². The van der Waals surface area contributed by atoms with E-state index < -0.39 is 24.1 Å². The van der Waals surface area contributed by atoms with E-state index in [-0.39, 0.29) is 17.6 Å². The van der Waals surface area contributed by atoms with E-state index in [1.807, 2.05) is 0 Å². The molecule has 0 aliphatic carbocycles. The fraction of sp³-hybridized carbons (Fsp3) is 0.500. The van der Waals surface area contributed by atoms with Crippen LogP contribution in [0.3, 0.4) is 0 Å². The molecular weight excluding hydrogens is 217 g/mol. The Hall–Kier alpha value is -0.597. The van der Waals surface area contributed by atoms with Gasteiger partial charge < -0.3 is 20.4 Å². The number of aliphatic carboxylic acids is 2. The van der Waals surface area contributed by atoms with Crippen LogP contribution in [0.2, 0.25) is 0 Å². The fourth-order valence-corrected chi connectivity index (χ4v) is 0.270. The van der Waals surface area contributed by atoms with Crippen LogP contribution in [-0.2, 0) is 9.59 Å². The third kappa shape index (κ3) is 3.96. The molecule has 4 N–H and O–H groups in total. The molecule has 6 nitrogen and oxygen atoms in total. The summed E-state index contributed by atoms with van der Waals surface area (Å²) >= 11 is 0. The molecule has 0 heterocycles. The third-order valence-electron chi connectivity index (χ3n) is 0.805. The van der Waals surface area contributed by atoms with E-state index in [0.717, 1.165) is 0 Å². The van der Waals surface area contributed by atoms with Crippen molar-refractivity contribution in [2.45, 2.75) is 12.2 Å². The summed E-state index contributed by atoms with van der Waals surface area (Å²) in [5, 5.41) is 32.5. The molecule has 0 spiro atoms. The van der Waals surface area contributed by atoms with E-state index in [2.05, 4.69) is 0 Å². The van der Waals surface area contributed by atoms with Crippen molar-refractivity contribution in [1.29, 1.82) is 0 Å². The molecule has 11 heavy (non-hydrogen) atoms. The van der Waals surface area contributed by atoms with Crippen LogP contribution in [0.4, 0.5) is 0 Å². The number of hydrogen-bond acceptors (Lipinski definition) is 4. The first kappa shape index (κ1) is 13.0. The molecule has 0 aliphatic heterocycles. The molecule has 0 bridgehead atoms. The number of aliphatic hydroxyl groups excluding tert-OH is 2. The Morgan fingerprint density at radius 2 is 1.09 bits per heavy atom. The summed E-state index contributed by atoms with van der Waals surface area (Å²) in [6, 6.07) is 0. The maximum absolute atomic E-state index is 9.77. The summed E-state index contributed by atoms with van der Waals surface area (Å²) < 4.78 is 0. The van der Waals surface area contributed by atoms with E-state index in [1.165, 1.54) is 0 Å². The van der Waals surface area contributed by atoms with Crippen LogP contribution >= 0.6 is 0 Å². The van der Waals surface area contributed by atoms with E-state index in [9.17, 15) is 9.59 Å². The molecule has 2 atom stereocenters. The molecule has 0 aromatic carbocycles. The standard InChI is InChI=1S/C4H6O6.GeH4/c5-1(3(7)8)2(6)4(9)10;/h1-2,5-6H,(H,7,8)(H,9,10);1H4/t1-,2+;. The predicted molar refractivity (Wildman–Crippen MR) is 38.6 cm³/mol. The van der Waals surface area contributed by atoms with Crippen molar-refractivity contribution in [3.05, 3.63) is 0 Å². The van der Waals surface area contributed by atoms with Crippen LogP contribution in [0.25, 0.3) is 0 Å². The molecule has 7 heteroatoms. The normalized spacial score (nSPS) is 14.4. The first-order valence-corrected chi connectivity index (χ1v) is 2.28. The van der Waals surface area contributed by atoms with Crippen LogP contribution in [0.5, 0.6) is 0 Å². The fourth-order valence-electron chi connectivity index (χ4n) is 0.270. The number of hydrogen-bond donors (Lipinski definition) is 4. The van der Waals surface area contributed by atoms with Gasteiger partial charge in [-0.1, -0.05) is 0 Å². The minimum atomic E-state index is -2.27. The Bertz CT molecular complexity index is 139. The predicted octanol–water partition coefficient (Wildman–Crippen LogP) is -3.57. The van der Waals surface area contributed by atoms with Gasteiger partial charge in [-0.2, -0.15) is 0 Å². The molecule has 0 rings (SSSR count). The van der Waals surface area contributed by atoms with Crippen LogP contribution in [0.1, 0.15) is 0 Å². The molecule has 0 aromatic rings. The molecule has 0 aliphatic rings. The molecule has 0 saturated carbocycles. The number of carbonyl (C=O) groups is 2. The molecule has 0 amide bonds. The number of carboxylic acids is 2. The zero-order valence-electron chi connectivity index (χ0n) is 4.76. The quantitative estimate of drug-likeness (QED) is 0.370. The van der Waals surface area contributed by atoms with Crippen molar-refractivity contribution in [2.24, 2.45) is 0 Å². The van der Waals surface area contributed by atoms with Gasteiger partial charge in [0.05, 0.1) is 0 Å². The van der Waals surface area contributed by atoms with E-state index in [4.69, 9.17) is 20.4 Å². The van der Waals surface area contributed by atoms with Gasteiger partial charge in [0.2, 0.25) is 0 Å². The van der Waals surface area contributed by atoms with E-state index in [1.54, 1.807) is 0 Å². The molecule has 0 radical (unpaired) electrons. The summed E-state index contributed by atoms with van der Waals surface area (Å²) in [5.74, 6) is -3.54. The van der Waals surface area contributed by atoms with Crippen LogP contribution in [-0.4, -0.2) is 62.2 Å². The van der Waals surface area contributed by atoms with E-state index in [0.29, 0.717) is 0 Å². The third-order valence-corrected chi connectivity index (χ3v) is 0.805. The molecule has 0 unspecified atom stereocenters. The van der Waals surface area contributed by atoms with Crippen molar-refractivity contribution < 1.29 is 30.0 Å². The van der Waals surface area contributed by atoms with Gasteiger partial charge in [-0.05, 0) is 0 Å². The molecule has 66 valence electrons. The average molecular weight is 227 g/mol. The number of carboxylic acid groups (broad SMARTS) is 2. The second-order valence-corrected chi connectivity index (χ2v) is 1.57. The Morgan fingerprint density at radius 3 is 1.18 bits per heavy atom. The van der Waals surface area contributed by atoms with Gasteiger partial charge in [0.15, 0.2) is 12.2 Å². The van der Waals surface area contributed by atoms with Crippen molar-refractivity contribution in [3.63, 3.8) is 0 Å². The minimum absolute atomic E-state index is 0. The second-order valence-electron chi connectivity index (χ2n) is 1.57. The molecular formula is C4H10GeO6. The van der Waals surface area contributed by atoms with Gasteiger partial charge in [-0.3, -0.25) is 0 Å². The van der Waals surface area contributed by atoms with Gasteiger partial charge in [0.1, 0.15) is 0 Å². The van der Waals surface area contributed by atoms with Crippen molar-refractivity contribution in [3.8, 4) is 0 Å². The van der Waals surface area contributed by atoms with Crippen molar-refractivity contribution in [2.75, 3.05) is 0 Å². The van der Waals surface area contributed by atoms with Crippen LogP contribution in [0.15, 0.2) is 0 Å². The average Bonchev–Trinajstić information content (AvgIpc) is 1.84. The second kappa shape index (κ2) is 5.11. The summed E-state index contributed by atoms with van der Waals surface area (Å²) in [5.41, 5.74) is 0.